The van der Waals surface area contributed by atoms with Crippen LogP contribution in [0.1, 0.15) is 36.1 Å². The van der Waals surface area contributed by atoms with Gasteiger partial charge in [-0.05, 0) is 56.0 Å². The summed E-state index contributed by atoms with van der Waals surface area (Å²) in [5.41, 5.74) is 5.12. The van der Waals surface area contributed by atoms with Crippen LogP contribution in [0, 0.1) is 6.92 Å². The molecule has 0 spiro atoms. The van der Waals surface area contributed by atoms with Gasteiger partial charge < -0.3 is 10.1 Å². The largest absolute Gasteiger partial charge is 0.492 e. The summed E-state index contributed by atoms with van der Waals surface area (Å²) < 4.78 is 5.69. The first-order valence-electron chi connectivity index (χ1n) is 7.45. The highest BCUT2D eigenvalue weighted by molar-refractivity contribution is 6.30. The number of hydrogen-bond donors (Lipinski definition) is 1. The lowest BCUT2D eigenvalue weighted by molar-refractivity contribution is 0.341. The van der Waals surface area contributed by atoms with Gasteiger partial charge in [0.2, 0.25) is 0 Å². The number of nitrogens with one attached hydrogen (secondary N) is 1. The number of benzene rings is 2. The highest BCUT2D eigenvalue weighted by Crippen LogP contribution is 2.37. The van der Waals surface area contributed by atoms with Crippen LogP contribution in [0.3, 0.4) is 0 Å². The molecule has 1 unspecified atom stereocenters. The minimum atomic E-state index is 0.331. The van der Waals surface area contributed by atoms with Crippen LogP contribution in [0.25, 0.3) is 0 Å². The van der Waals surface area contributed by atoms with Gasteiger partial charge in [0, 0.05) is 5.02 Å². The van der Waals surface area contributed by atoms with Gasteiger partial charge in [-0.25, -0.2) is 0 Å². The van der Waals surface area contributed by atoms with Crippen LogP contribution in [-0.4, -0.2) is 6.61 Å². The molecule has 1 aliphatic carbocycles. The van der Waals surface area contributed by atoms with Crippen molar-refractivity contribution in [2.75, 3.05) is 11.9 Å². The van der Waals surface area contributed by atoms with E-state index in [1.807, 2.05) is 25.1 Å². The molecule has 2 aromatic carbocycles. The second-order valence-electron chi connectivity index (χ2n) is 5.51. The predicted molar refractivity (Wildman–Crippen MR) is 88.5 cm³/mol. The minimum Gasteiger partial charge on any atom is -0.492 e. The van der Waals surface area contributed by atoms with E-state index in [4.69, 9.17) is 16.3 Å². The molecule has 0 fully saturated rings. The summed E-state index contributed by atoms with van der Waals surface area (Å²) in [7, 11) is 0. The zero-order valence-electron chi connectivity index (χ0n) is 12.4. The third-order valence-corrected chi connectivity index (χ3v) is 4.19. The third-order valence-electron chi connectivity index (χ3n) is 3.95. The molecule has 0 bridgehead atoms. The maximum absolute atomic E-state index is 6.13. The summed E-state index contributed by atoms with van der Waals surface area (Å²) in [6.45, 7) is 4.78. The first-order chi connectivity index (χ1) is 10.2. The van der Waals surface area contributed by atoms with Gasteiger partial charge in [0.25, 0.3) is 0 Å². The van der Waals surface area contributed by atoms with E-state index in [2.05, 4.69) is 30.4 Å². The summed E-state index contributed by atoms with van der Waals surface area (Å²) in [6.07, 6.45) is 2.23. The molecular weight excluding hydrogens is 282 g/mol. The zero-order valence-corrected chi connectivity index (χ0v) is 13.2. The molecule has 0 aliphatic heterocycles. The van der Waals surface area contributed by atoms with Crippen molar-refractivity contribution in [3.63, 3.8) is 0 Å². The summed E-state index contributed by atoms with van der Waals surface area (Å²) in [5, 5.41) is 4.33. The van der Waals surface area contributed by atoms with Crippen molar-refractivity contribution in [3.8, 4) is 5.75 Å². The van der Waals surface area contributed by atoms with Crippen molar-refractivity contribution in [1.82, 2.24) is 0 Å². The van der Waals surface area contributed by atoms with Crippen LogP contribution in [0.5, 0.6) is 5.75 Å². The lowest BCUT2D eigenvalue weighted by Gasteiger charge is -2.19. The van der Waals surface area contributed by atoms with Crippen LogP contribution in [0.4, 0.5) is 5.69 Å². The Labute approximate surface area is 131 Å². The number of rotatable bonds is 4. The fourth-order valence-electron chi connectivity index (χ4n) is 2.96. The molecule has 110 valence electrons. The molecule has 1 aliphatic rings. The first kappa shape index (κ1) is 14.3. The number of aryl methyl sites for hydroxylation is 2. The highest BCUT2D eigenvalue weighted by Gasteiger charge is 2.23. The predicted octanol–water partition coefficient (Wildman–Crippen LogP) is 5.15. The molecule has 0 amide bonds. The van der Waals surface area contributed by atoms with E-state index >= 15 is 0 Å². The van der Waals surface area contributed by atoms with E-state index in [0.29, 0.717) is 12.6 Å². The molecule has 0 radical (unpaired) electrons. The van der Waals surface area contributed by atoms with Crippen molar-refractivity contribution in [2.45, 2.75) is 32.7 Å². The van der Waals surface area contributed by atoms with Crippen LogP contribution in [-0.2, 0) is 6.42 Å². The Morgan fingerprint density at radius 2 is 2.10 bits per heavy atom. The van der Waals surface area contributed by atoms with Crippen LogP contribution in [0.15, 0.2) is 36.4 Å². The van der Waals surface area contributed by atoms with Crippen molar-refractivity contribution >= 4 is 17.3 Å². The Hall–Kier alpha value is -1.67. The molecule has 0 aromatic heterocycles. The summed E-state index contributed by atoms with van der Waals surface area (Å²) >= 11 is 6.13. The molecule has 0 saturated heterocycles. The SMILES string of the molecule is CCOc1ccc(Cl)cc1NC1CCc2ccc(C)cc21. The number of halogens is 1. The van der Waals surface area contributed by atoms with E-state index in [9.17, 15) is 0 Å². The van der Waals surface area contributed by atoms with Crippen LogP contribution >= 0.6 is 11.6 Å². The van der Waals surface area contributed by atoms with Crippen molar-refractivity contribution in [1.29, 1.82) is 0 Å². The van der Waals surface area contributed by atoms with Crippen LogP contribution < -0.4 is 10.1 Å². The quantitative estimate of drug-likeness (QED) is 0.843. The monoisotopic (exact) mass is 301 g/mol. The molecule has 2 nitrogen and oxygen atoms in total. The average Bonchev–Trinajstić information content (AvgIpc) is 2.84. The van der Waals surface area contributed by atoms with Gasteiger partial charge in [0.15, 0.2) is 0 Å². The van der Waals surface area contributed by atoms with Gasteiger partial charge in [-0.2, -0.15) is 0 Å². The van der Waals surface area contributed by atoms with Crippen molar-refractivity contribution in [3.05, 3.63) is 58.1 Å². The fraction of sp³-hybridized carbons (Fsp3) is 0.333. The number of hydrogen-bond acceptors (Lipinski definition) is 2. The number of fused-ring (bicyclic) bond motifs is 1. The van der Waals surface area contributed by atoms with Gasteiger partial charge in [-0.3, -0.25) is 0 Å². The molecule has 21 heavy (non-hydrogen) atoms. The zero-order chi connectivity index (χ0) is 14.8. The second-order valence-corrected chi connectivity index (χ2v) is 5.95. The number of anilines is 1. The first-order valence-corrected chi connectivity index (χ1v) is 7.83. The van der Waals surface area contributed by atoms with E-state index in [1.165, 1.54) is 16.7 Å². The Balaban J connectivity index is 1.89. The summed E-state index contributed by atoms with van der Waals surface area (Å²) in [5.74, 6) is 0.864. The summed E-state index contributed by atoms with van der Waals surface area (Å²) in [4.78, 5) is 0. The molecule has 3 heteroatoms. The van der Waals surface area contributed by atoms with Gasteiger partial charge in [0.05, 0.1) is 18.3 Å². The molecule has 1 N–H and O–H groups in total. The van der Waals surface area contributed by atoms with Gasteiger partial charge in [0.1, 0.15) is 5.75 Å². The lowest BCUT2D eigenvalue weighted by Crippen LogP contribution is -2.09. The van der Waals surface area contributed by atoms with E-state index in [-0.39, 0.29) is 0 Å². The molecule has 0 heterocycles. The lowest BCUT2D eigenvalue weighted by atomic mass is 10.0. The molecule has 3 rings (SSSR count). The maximum Gasteiger partial charge on any atom is 0.142 e. The van der Waals surface area contributed by atoms with Gasteiger partial charge >= 0.3 is 0 Å². The van der Waals surface area contributed by atoms with Crippen molar-refractivity contribution < 1.29 is 4.74 Å². The average molecular weight is 302 g/mol. The topological polar surface area (TPSA) is 21.3 Å². The molecule has 1 atom stereocenters. The maximum atomic E-state index is 6.13. The smallest absolute Gasteiger partial charge is 0.142 e. The summed E-state index contributed by atoms with van der Waals surface area (Å²) in [6, 6.07) is 12.8. The van der Waals surface area contributed by atoms with E-state index in [0.717, 1.165) is 29.3 Å². The number of ether oxygens (including phenoxy) is 1. The standard InChI is InChI=1S/C18H20ClNO/c1-3-21-18-9-7-14(19)11-17(18)20-16-8-6-13-5-4-12(2)10-15(13)16/h4-5,7,9-11,16,20H,3,6,8H2,1-2H3. The molecule has 0 saturated carbocycles. The highest BCUT2D eigenvalue weighted by atomic mass is 35.5. The van der Waals surface area contributed by atoms with Gasteiger partial charge in [-0.15, -0.1) is 0 Å². The Bertz CT molecular complexity index is 654. The van der Waals surface area contributed by atoms with E-state index < -0.39 is 0 Å². The van der Waals surface area contributed by atoms with E-state index in [1.54, 1.807) is 0 Å². The third kappa shape index (κ3) is 3.01. The minimum absolute atomic E-state index is 0.331. The van der Waals surface area contributed by atoms with Crippen molar-refractivity contribution in [2.24, 2.45) is 0 Å². The Morgan fingerprint density at radius 1 is 1.24 bits per heavy atom. The molecular formula is C18H20ClNO. The normalized spacial score (nSPS) is 16.6. The Morgan fingerprint density at radius 3 is 2.90 bits per heavy atom. The second kappa shape index (κ2) is 5.98. The fourth-order valence-corrected chi connectivity index (χ4v) is 3.13. The van der Waals surface area contributed by atoms with Gasteiger partial charge in [-0.1, -0.05) is 35.4 Å². The Kier molecular flexibility index (Phi) is 4.07. The van der Waals surface area contributed by atoms with Crippen LogP contribution in [0.2, 0.25) is 5.02 Å². The molecule has 2 aromatic rings.